The summed E-state index contributed by atoms with van der Waals surface area (Å²) in [4.78, 5) is 38.6. The van der Waals surface area contributed by atoms with Crippen LogP contribution in [0.3, 0.4) is 0 Å². The van der Waals surface area contributed by atoms with E-state index in [1.54, 1.807) is 0 Å². The van der Waals surface area contributed by atoms with Crippen LogP contribution in [0.4, 0.5) is 0 Å². The zero-order chi connectivity index (χ0) is 16.4. The number of ether oxygens (including phenoxy) is 1. The smallest absolute Gasteiger partial charge is 0.240 e. The van der Waals surface area contributed by atoms with Gasteiger partial charge in [-0.2, -0.15) is 0 Å². The first-order valence-corrected chi connectivity index (χ1v) is 8.35. The molecule has 2 heterocycles. The molecule has 23 heavy (non-hydrogen) atoms. The summed E-state index contributed by atoms with van der Waals surface area (Å²) < 4.78 is 5.59. The minimum Gasteiger partial charge on any atom is -0.373 e. The summed E-state index contributed by atoms with van der Waals surface area (Å²) in [5, 5.41) is 2.92. The van der Waals surface area contributed by atoms with Gasteiger partial charge in [0.15, 0.2) is 0 Å². The number of allylic oxidation sites excluding steroid dienone is 2. The second kappa shape index (κ2) is 4.90. The highest BCUT2D eigenvalue weighted by atomic mass is 16.5. The molecule has 6 heteroatoms. The molecule has 3 fully saturated rings. The lowest BCUT2D eigenvalue weighted by molar-refractivity contribution is -0.144. The maximum atomic E-state index is 12.6. The number of fused-ring (bicyclic) bond motifs is 5. The molecule has 5 unspecified atom stereocenters. The van der Waals surface area contributed by atoms with Crippen molar-refractivity contribution in [1.82, 2.24) is 10.2 Å². The van der Waals surface area contributed by atoms with E-state index in [-0.39, 0.29) is 54.0 Å². The average molecular weight is 318 g/mol. The summed E-state index contributed by atoms with van der Waals surface area (Å²) in [7, 11) is 0. The van der Waals surface area contributed by atoms with Crippen LogP contribution in [-0.4, -0.2) is 47.4 Å². The van der Waals surface area contributed by atoms with Gasteiger partial charge in [0.1, 0.15) is 6.54 Å². The van der Waals surface area contributed by atoms with Crippen LogP contribution in [0.2, 0.25) is 0 Å². The Morgan fingerprint density at radius 2 is 1.87 bits per heavy atom. The number of imide groups is 1. The van der Waals surface area contributed by atoms with Crippen LogP contribution in [0.5, 0.6) is 0 Å². The lowest BCUT2D eigenvalue weighted by atomic mass is 9.85. The van der Waals surface area contributed by atoms with E-state index < -0.39 is 5.60 Å². The molecule has 4 rings (SSSR count). The molecular formula is C17H22N2O4. The van der Waals surface area contributed by atoms with Crippen LogP contribution >= 0.6 is 0 Å². The van der Waals surface area contributed by atoms with Crippen LogP contribution in [0, 0.1) is 23.7 Å². The predicted octanol–water partition coefficient (Wildman–Crippen LogP) is 0.477. The van der Waals surface area contributed by atoms with E-state index >= 15 is 0 Å². The Balaban J connectivity index is 1.43. The third kappa shape index (κ3) is 2.15. The fraction of sp³-hybridized carbons (Fsp3) is 0.706. The monoisotopic (exact) mass is 318 g/mol. The summed E-state index contributed by atoms with van der Waals surface area (Å²) in [5.41, 5.74) is -0.409. The van der Waals surface area contributed by atoms with Crippen LogP contribution in [0.15, 0.2) is 12.2 Å². The van der Waals surface area contributed by atoms with E-state index in [1.807, 2.05) is 13.8 Å². The Labute approximate surface area is 135 Å². The van der Waals surface area contributed by atoms with Crippen LogP contribution in [0.1, 0.15) is 26.7 Å². The molecule has 1 N–H and O–H groups in total. The highest BCUT2D eigenvalue weighted by molar-refractivity contribution is 6.08. The number of carbonyl (C=O) groups excluding carboxylic acids is 3. The third-order valence-electron chi connectivity index (χ3n) is 5.92. The zero-order valence-corrected chi connectivity index (χ0v) is 13.5. The number of likely N-dealkylation sites (tertiary alicyclic amines) is 1. The lowest BCUT2D eigenvalue weighted by Crippen LogP contribution is -2.50. The normalized spacial score (nSPS) is 40.1. The van der Waals surface area contributed by atoms with Gasteiger partial charge < -0.3 is 10.1 Å². The van der Waals surface area contributed by atoms with Gasteiger partial charge in [-0.3, -0.25) is 19.3 Å². The predicted molar refractivity (Wildman–Crippen MR) is 81.0 cm³/mol. The van der Waals surface area contributed by atoms with Gasteiger partial charge in [0.05, 0.1) is 23.5 Å². The van der Waals surface area contributed by atoms with Crippen LogP contribution in [-0.2, 0) is 19.1 Å². The molecule has 3 amide bonds. The van der Waals surface area contributed by atoms with Crippen molar-refractivity contribution in [1.29, 1.82) is 0 Å². The summed E-state index contributed by atoms with van der Waals surface area (Å²) in [5.74, 6) is -0.750. The molecule has 0 spiro atoms. The molecule has 2 bridgehead atoms. The van der Waals surface area contributed by atoms with Gasteiger partial charge in [0, 0.05) is 6.61 Å². The summed E-state index contributed by atoms with van der Waals surface area (Å²) in [6.07, 6.45) is 5.76. The number of rotatable bonds is 3. The number of nitrogens with zero attached hydrogens (tertiary/aromatic N) is 1. The Morgan fingerprint density at radius 3 is 2.39 bits per heavy atom. The number of hydrogen-bond donors (Lipinski definition) is 1. The molecule has 0 radical (unpaired) electrons. The molecule has 2 saturated heterocycles. The van der Waals surface area contributed by atoms with E-state index in [2.05, 4.69) is 17.5 Å². The fourth-order valence-corrected chi connectivity index (χ4v) is 4.64. The first-order valence-electron chi connectivity index (χ1n) is 8.35. The molecule has 0 aromatic carbocycles. The highest BCUT2D eigenvalue weighted by Gasteiger charge is 2.59. The second-order valence-electron chi connectivity index (χ2n) is 7.62. The van der Waals surface area contributed by atoms with Gasteiger partial charge in [-0.25, -0.2) is 0 Å². The minimum atomic E-state index is -0.409. The number of nitrogens with one attached hydrogen (secondary N) is 1. The molecule has 5 atom stereocenters. The van der Waals surface area contributed by atoms with Gasteiger partial charge in [0.25, 0.3) is 0 Å². The van der Waals surface area contributed by atoms with E-state index in [1.165, 1.54) is 4.90 Å². The number of amides is 3. The summed E-state index contributed by atoms with van der Waals surface area (Å²) in [6, 6.07) is -0.0832. The van der Waals surface area contributed by atoms with Crippen molar-refractivity contribution < 1.29 is 19.1 Å². The van der Waals surface area contributed by atoms with Crippen molar-refractivity contribution in [2.45, 2.75) is 38.3 Å². The third-order valence-corrected chi connectivity index (χ3v) is 5.92. The number of hydrogen-bond acceptors (Lipinski definition) is 4. The minimum absolute atomic E-state index is 0.0832. The summed E-state index contributed by atoms with van der Waals surface area (Å²) in [6.45, 7) is 4.31. The molecule has 0 aromatic heterocycles. The van der Waals surface area contributed by atoms with Crippen molar-refractivity contribution >= 4 is 17.7 Å². The van der Waals surface area contributed by atoms with Crippen LogP contribution < -0.4 is 5.32 Å². The van der Waals surface area contributed by atoms with Crippen molar-refractivity contribution in [3.8, 4) is 0 Å². The first kappa shape index (κ1) is 14.9. The second-order valence-corrected chi connectivity index (χ2v) is 7.62. The van der Waals surface area contributed by atoms with Crippen molar-refractivity contribution in [2.24, 2.45) is 23.7 Å². The van der Waals surface area contributed by atoms with Crippen molar-refractivity contribution in [2.75, 3.05) is 13.2 Å². The molecule has 124 valence electrons. The molecule has 2 aliphatic heterocycles. The quantitative estimate of drug-likeness (QED) is 0.606. The maximum Gasteiger partial charge on any atom is 0.240 e. The Kier molecular flexibility index (Phi) is 3.17. The van der Waals surface area contributed by atoms with Gasteiger partial charge in [-0.05, 0) is 38.5 Å². The maximum absolute atomic E-state index is 12.6. The molecule has 0 aromatic rings. The van der Waals surface area contributed by atoms with Gasteiger partial charge in [-0.1, -0.05) is 12.2 Å². The van der Waals surface area contributed by atoms with E-state index in [9.17, 15) is 14.4 Å². The first-order chi connectivity index (χ1) is 10.9. The van der Waals surface area contributed by atoms with E-state index in [0.29, 0.717) is 6.61 Å². The SMILES string of the molecule is CC1(C)OCCC1NC(=O)CN1C(=O)C2C3C=CC(C3)C2C1=O. The average Bonchev–Trinajstić information content (AvgIpc) is 3.21. The largest absolute Gasteiger partial charge is 0.373 e. The Morgan fingerprint density at radius 1 is 1.26 bits per heavy atom. The molecule has 1 saturated carbocycles. The lowest BCUT2D eigenvalue weighted by Gasteiger charge is -2.27. The number of carbonyl (C=O) groups is 3. The topological polar surface area (TPSA) is 75.7 Å². The van der Waals surface area contributed by atoms with E-state index in [0.717, 1.165) is 12.8 Å². The Bertz CT molecular complexity index is 582. The fourth-order valence-electron chi connectivity index (χ4n) is 4.64. The molecule has 4 aliphatic rings. The van der Waals surface area contributed by atoms with Crippen molar-refractivity contribution in [3.05, 3.63) is 12.2 Å². The highest BCUT2D eigenvalue weighted by Crippen LogP contribution is 2.52. The van der Waals surface area contributed by atoms with E-state index in [4.69, 9.17) is 4.74 Å². The van der Waals surface area contributed by atoms with Crippen LogP contribution in [0.25, 0.3) is 0 Å². The summed E-state index contributed by atoms with van der Waals surface area (Å²) >= 11 is 0. The zero-order valence-electron chi connectivity index (χ0n) is 13.5. The van der Waals surface area contributed by atoms with Crippen molar-refractivity contribution in [3.63, 3.8) is 0 Å². The van der Waals surface area contributed by atoms with Gasteiger partial charge in [0.2, 0.25) is 17.7 Å². The molecule has 2 aliphatic carbocycles. The van der Waals surface area contributed by atoms with Gasteiger partial charge >= 0.3 is 0 Å². The molecular weight excluding hydrogens is 296 g/mol. The van der Waals surface area contributed by atoms with Gasteiger partial charge in [-0.15, -0.1) is 0 Å². The Hall–Kier alpha value is -1.69. The molecule has 6 nitrogen and oxygen atoms in total. The standard InChI is InChI=1S/C17H22N2O4/c1-17(2)11(5-6-23-17)18-12(20)8-19-15(21)13-9-3-4-10(7-9)14(13)16(19)22/h3-4,9-11,13-14H,5-8H2,1-2H3,(H,18,20).